The van der Waals surface area contributed by atoms with Crippen LogP contribution in [0.4, 0.5) is 0 Å². The molecule has 1 rings (SSSR count). The Morgan fingerprint density at radius 2 is 2.40 bits per heavy atom. The molecular weight excluding hydrogens is 214 g/mol. The molecule has 1 saturated heterocycles. The first kappa shape index (κ1) is 12.8. The molecule has 0 aliphatic carbocycles. The lowest BCUT2D eigenvalue weighted by Crippen LogP contribution is -2.43. The molecule has 2 atom stereocenters. The molecule has 1 amide bonds. The van der Waals surface area contributed by atoms with Crippen molar-refractivity contribution in [1.29, 1.82) is 0 Å². The SMILES string of the molecule is CCC(CCCl)NC(=O)C1CCCCO1. The van der Waals surface area contributed by atoms with E-state index in [9.17, 15) is 4.79 Å². The monoisotopic (exact) mass is 233 g/mol. The van der Waals surface area contributed by atoms with E-state index in [0.29, 0.717) is 12.5 Å². The molecule has 0 spiro atoms. The number of ether oxygens (including phenoxy) is 1. The van der Waals surface area contributed by atoms with E-state index in [2.05, 4.69) is 12.2 Å². The normalized spacial score (nSPS) is 23.5. The molecule has 1 heterocycles. The number of alkyl halides is 1. The van der Waals surface area contributed by atoms with Gasteiger partial charge in [0.25, 0.3) is 0 Å². The zero-order valence-electron chi connectivity index (χ0n) is 9.30. The first-order chi connectivity index (χ1) is 7.27. The minimum Gasteiger partial charge on any atom is -0.368 e. The van der Waals surface area contributed by atoms with Gasteiger partial charge in [-0.05, 0) is 32.1 Å². The first-order valence-corrected chi connectivity index (χ1v) is 6.29. The number of amides is 1. The number of carbonyl (C=O) groups excluding carboxylic acids is 1. The third kappa shape index (κ3) is 4.39. The summed E-state index contributed by atoms with van der Waals surface area (Å²) in [5, 5.41) is 2.99. The maximum absolute atomic E-state index is 11.8. The van der Waals surface area contributed by atoms with Gasteiger partial charge in [-0.15, -0.1) is 11.6 Å². The molecule has 2 unspecified atom stereocenters. The third-order valence-corrected chi connectivity index (χ3v) is 2.99. The maximum Gasteiger partial charge on any atom is 0.249 e. The Kier molecular flexibility index (Phi) is 6.03. The van der Waals surface area contributed by atoms with Gasteiger partial charge in [0.15, 0.2) is 0 Å². The number of nitrogens with one attached hydrogen (secondary N) is 1. The van der Waals surface area contributed by atoms with E-state index in [1.54, 1.807) is 0 Å². The smallest absolute Gasteiger partial charge is 0.249 e. The molecule has 0 aromatic rings. The second-order valence-corrected chi connectivity index (χ2v) is 4.32. The Labute approximate surface area is 96.5 Å². The summed E-state index contributed by atoms with van der Waals surface area (Å²) in [5.74, 6) is 0.622. The van der Waals surface area contributed by atoms with Crippen molar-refractivity contribution in [3.8, 4) is 0 Å². The van der Waals surface area contributed by atoms with Gasteiger partial charge < -0.3 is 10.1 Å². The van der Waals surface area contributed by atoms with Crippen molar-refractivity contribution in [3.05, 3.63) is 0 Å². The molecule has 1 fully saturated rings. The van der Waals surface area contributed by atoms with Crippen molar-refractivity contribution in [2.75, 3.05) is 12.5 Å². The van der Waals surface area contributed by atoms with Crippen LogP contribution in [-0.2, 0) is 9.53 Å². The van der Waals surface area contributed by atoms with Crippen molar-refractivity contribution in [3.63, 3.8) is 0 Å². The molecule has 1 aliphatic heterocycles. The van der Waals surface area contributed by atoms with E-state index in [-0.39, 0.29) is 18.1 Å². The van der Waals surface area contributed by atoms with E-state index < -0.39 is 0 Å². The van der Waals surface area contributed by atoms with Crippen LogP contribution in [-0.4, -0.2) is 30.5 Å². The van der Waals surface area contributed by atoms with Crippen molar-refractivity contribution in [2.24, 2.45) is 0 Å². The lowest BCUT2D eigenvalue weighted by atomic mass is 10.1. The molecule has 0 aromatic carbocycles. The van der Waals surface area contributed by atoms with Crippen molar-refractivity contribution in [2.45, 2.75) is 51.2 Å². The number of hydrogen-bond donors (Lipinski definition) is 1. The van der Waals surface area contributed by atoms with Crippen molar-refractivity contribution < 1.29 is 9.53 Å². The van der Waals surface area contributed by atoms with Gasteiger partial charge in [0.05, 0.1) is 0 Å². The minimum atomic E-state index is -0.233. The molecular formula is C11H20ClNO2. The lowest BCUT2D eigenvalue weighted by Gasteiger charge is -2.24. The summed E-state index contributed by atoms with van der Waals surface area (Å²) < 4.78 is 5.42. The van der Waals surface area contributed by atoms with E-state index in [4.69, 9.17) is 16.3 Å². The van der Waals surface area contributed by atoms with Crippen LogP contribution in [0.2, 0.25) is 0 Å². The van der Waals surface area contributed by atoms with Crippen LogP contribution < -0.4 is 5.32 Å². The second kappa shape index (κ2) is 7.07. The Hall–Kier alpha value is -0.280. The average Bonchev–Trinajstić information content (AvgIpc) is 2.29. The quantitative estimate of drug-likeness (QED) is 0.739. The van der Waals surface area contributed by atoms with Gasteiger partial charge in [-0.3, -0.25) is 4.79 Å². The Morgan fingerprint density at radius 3 is 2.93 bits per heavy atom. The van der Waals surface area contributed by atoms with Gasteiger partial charge in [-0.25, -0.2) is 0 Å². The van der Waals surface area contributed by atoms with Gasteiger partial charge in [-0.2, -0.15) is 0 Å². The summed E-state index contributed by atoms with van der Waals surface area (Å²) >= 11 is 5.66. The second-order valence-electron chi connectivity index (χ2n) is 3.95. The van der Waals surface area contributed by atoms with Crippen molar-refractivity contribution >= 4 is 17.5 Å². The zero-order chi connectivity index (χ0) is 11.1. The maximum atomic E-state index is 11.8. The van der Waals surface area contributed by atoms with E-state index >= 15 is 0 Å². The van der Waals surface area contributed by atoms with E-state index in [1.165, 1.54) is 0 Å². The number of halogens is 1. The Morgan fingerprint density at radius 1 is 1.60 bits per heavy atom. The van der Waals surface area contributed by atoms with Crippen molar-refractivity contribution in [1.82, 2.24) is 5.32 Å². The third-order valence-electron chi connectivity index (χ3n) is 2.77. The molecule has 3 nitrogen and oxygen atoms in total. The number of hydrogen-bond acceptors (Lipinski definition) is 2. The minimum absolute atomic E-state index is 0.0340. The van der Waals surface area contributed by atoms with E-state index in [0.717, 1.165) is 32.1 Å². The topological polar surface area (TPSA) is 38.3 Å². The van der Waals surface area contributed by atoms with Gasteiger partial charge in [0.2, 0.25) is 5.91 Å². The highest BCUT2D eigenvalue weighted by Gasteiger charge is 2.23. The molecule has 15 heavy (non-hydrogen) atoms. The first-order valence-electron chi connectivity index (χ1n) is 5.75. The molecule has 1 N–H and O–H groups in total. The van der Waals surface area contributed by atoms with E-state index in [1.807, 2.05) is 0 Å². The predicted molar refractivity (Wildman–Crippen MR) is 61.1 cm³/mol. The highest BCUT2D eigenvalue weighted by Crippen LogP contribution is 2.13. The summed E-state index contributed by atoms with van der Waals surface area (Å²) in [6, 6.07) is 0.195. The van der Waals surface area contributed by atoms with Gasteiger partial charge in [0, 0.05) is 18.5 Å². The summed E-state index contributed by atoms with van der Waals surface area (Å²) in [4.78, 5) is 11.8. The lowest BCUT2D eigenvalue weighted by molar-refractivity contribution is -0.136. The summed E-state index contributed by atoms with van der Waals surface area (Å²) in [7, 11) is 0. The van der Waals surface area contributed by atoms with Crippen LogP contribution in [0, 0.1) is 0 Å². The molecule has 0 aromatic heterocycles. The zero-order valence-corrected chi connectivity index (χ0v) is 10.1. The predicted octanol–water partition coefficient (Wildman–Crippen LogP) is 2.08. The summed E-state index contributed by atoms with van der Waals surface area (Å²) in [5.41, 5.74) is 0. The fourth-order valence-corrected chi connectivity index (χ4v) is 2.02. The van der Waals surface area contributed by atoms with Crippen LogP contribution in [0.5, 0.6) is 0 Å². The molecule has 1 aliphatic rings. The van der Waals surface area contributed by atoms with Gasteiger partial charge in [0.1, 0.15) is 6.10 Å². The Bertz CT molecular complexity index is 193. The van der Waals surface area contributed by atoms with Crippen LogP contribution >= 0.6 is 11.6 Å². The summed E-state index contributed by atoms with van der Waals surface area (Å²) in [6.45, 7) is 2.77. The Balaban J connectivity index is 2.31. The van der Waals surface area contributed by atoms with Crippen LogP contribution in [0.1, 0.15) is 39.0 Å². The molecule has 0 radical (unpaired) electrons. The fraction of sp³-hybridized carbons (Fsp3) is 0.909. The van der Waals surface area contributed by atoms with Crippen LogP contribution in [0.3, 0.4) is 0 Å². The molecule has 0 bridgehead atoms. The summed E-state index contributed by atoms with van der Waals surface area (Å²) in [6.07, 6.45) is 4.53. The standard InChI is InChI=1S/C11H20ClNO2/c1-2-9(6-7-12)13-11(14)10-5-3-4-8-15-10/h9-10H,2-8H2,1H3,(H,13,14). The molecule has 88 valence electrons. The van der Waals surface area contributed by atoms with Gasteiger partial charge in [-0.1, -0.05) is 6.92 Å². The highest BCUT2D eigenvalue weighted by molar-refractivity contribution is 6.17. The fourth-order valence-electron chi connectivity index (χ4n) is 1.75. The van der Waals surface area contributed by atoms with Gasteiger partial charge >= 0.3 is 0 Å². The average molecular weight is 234 g/mol. The highest BCUT2D eigenvalue weighted by atomic mass is 35.5. The number of carbonyl (C=O) groups is 1. The molecule has 0 saturated carbocycles. The largest absolute Gasteiger partial charge is 0.368 e. The van der Waals surface area contributed by atoms with Crippen LogP contribution in [0.25, 0.3) is 0 Å². The van der Waals surface area contributed by atoms with Crippen LogP contribution in [0.15, 0.2) is 0 Å². The molecule has 4 heteroatoms. The number of rotatable bonds is 5.